The minimum atomic E-state index is -4.52. The number of alkyl halides is 3. The van der Waals surface area contributed by atoms with Crippen molar-refractivity contribution in [3.8, 4) is 16.9 Å². The van der Waals surface area contributed by atoms with Gasteiger partial charge in [0.05, 0.1) is 5.56 Å². The van der Waals surface area contributed by atoms with Crippen molar-refractivity contribution < 1.29 is 37.4 Å². The van der Waals surface area contributed by atoms with Crippen LogP contribution in [0.3, 0.4) is 0 Å². The van der Waals surface area contributed by atoms with Gasteiger partial charge in [0.2, 0.25) is 11.8 Å². The van der Waals surface area contributed by atoms with Crippen LogP contribution in [0.15, 0.2) is 97.1 Å². The molecule has 10 heteroatoms. The van der Waals surface area contributed by atoms with Crippen LogP contribution in [0.5, 0.6) is 5.75 Å². The molecule has 0 unspecified atom stereocenters. The van der Waals surface area contributed by atoms with Crippen molar-refractivity contribution in [2.45, 2.75) is 76.4 Å². The maximum atomic E-state index is 13.9. The van der Waals surface area contributed by atoms with E-state index in [0.29, 0.717) is 12.2 Å². The number of ether oxygens (including phenoxy) is 1. The summed E-state index contributed by atoms with van der Waals surface area (Å²) in [5, 5.41) is 12.8. The van der Waals surface area contributed by atoms with Crippen LogP contribution in [-0.4, -0.2) is 39.9 Å². The minimum absolute atomic E-state index is 0.00273. The molecule has 0 bridgehead atoms. The van der Waals surface area contributed by atoms with Gasteiger partial charge in [0.15, 0.2) is 0 Å². The van der Waals surface area contributed by atoms with E-state index in [9.17, 15) is 32.7 Å². The Labute approximate surface area is 289 Å². The average Bonchev–Trinajstić information content (AvgIpc) is 3.63. The first-order valence-corrected chi connectivity index (χ1v) is 16.9. The van der Waals surface area contributed by atoms with E-state index in [1.54, 1.807) is 18.2 Å². The van der Waals surface area contributed by atoms with Crippen molar-refractivity contribution >= 4 is 17.8 Å². The number of carboxylic acid groups (broad SMARTS) is 1. The number of hydrogen-bond donors (Lipinski definition) is 2. The summed E-state index contributed by atoms with van der Waals surface area (Å²) in [5.74, 6) is -1.35. The van der Waals surface area contributed by atoms with Gasteiger partial charge in [-0.3, -0.25) is 9.59 Å². The molecule has 7 nitrogen and oxygen atoms in total. The average molecular weight is 685 g/mol. The Morgan fingerprint density at radius 1 is 0.860 bits per heavy atom. The molecule has 2 atom stereocenters. The van der Waals surface area contributed by atoms with E-state index in [1.165, 1.54) is 23.1 Å². The van der Waals surface area contributed by atoms with Crippen molar-refractivity contribution in [2.75, 3.05) is 0 Å². The highest BCUT2D eigenvalue weighted by Crippen LogP contribution is 2.34. The first-order chi connectivity index (χ1) is 24.0. The van der Waals surface area contributed by atoms with Gasteiger partial charge >= 0.3 is 12.1 Å². The number of halogens is 3. The lowest BCUT2D eigenvalue weighted by Gasteiger charge is -2.37. The van der Waals surface area contributed by atoms with Gasteiger partial charge in [-0.1, -0.05) is 91.7 Å². The Morgan fingerprint density at radius 2 is 1.54 bits per heavy atom. The van der Waals surface area contributed by atoms with Crippen molar-refractivity contribution in [2.24, 2.45) is 5.92 Å². The molecule has 4 aromatic rings. The van der Waals surface area contributed by atoms with Crippen LogP contribution in [0.25, 0.3) is 11.1 Å². The fourth-order valence-electron chi connectivity index (χ4n) is 6.98. The standard InChI is InChI=1S/C40H39F3N2O5/c41-40(42,43)34-13-7-6-12-31(34)25-50-33-19-18-30-23-36(45(24-32(30)22-33)37(46)21-26-8-4-5-9-26)38(47)44-35(39(48)49)20-27-14-16-29(17-15-27)28-10-2-1-3-11-28/h1-3,6-7,10-19,22,26,35-36H,4-5,8-9,20-21,23-25H2,(H,44,47)(H,48,49)/t35-,36-/m0/s1. The maximum absolute atomic E-state index is 13.9. The molecular weight excluding hydrogens is 645 g/mol. The second kappa shape index (κ2) is 15.2. The number of nitrogens with one attached hydrogen (secondary N) is 1. The Hall–Kier alpha value is -5.12. The molecule has 2 aliphatic rings. The number of hydrogen-bond acceptors (Lipinski definition) is 4. The molecule has 1 heterocycles. The number of carboxylic acids is 1. The smallest absolute Gasteiger partial charge is 0.416 e. The van der Waals surface area contributed by atoms with Crippen molar-refractivity contribution in [1.82, 2.24) is 10.2 Å². The topological polar surface area (TPSA) is 95.9 Å². The Kier molecular flexibility index (Phi) is 10.6. The zero-order chi connectivity index (χ0) is 35.3. The summed E-state index contributed by atoms with van der Waals surface area (Å²) in [7, 11) is 0. The number of amides is 2. The minimum Gasteiger partial charge on any atom is -0.489 e. The molecule has 260 valence electrons. The van der Waals surface area contributed by atoms with Crippen LogP contribution >= 0.6 is 0 Å². The number of carbonyl (C=O) groups excluding carboxylic acids is 2. The number of carbonyl (C=O) groups is 3. The van der Waals surface area contributed by atoms with E-state index in [4.69, 9.17) is 4.74 Å². The summed E-state index contributed by atoms with van der Waals surface area (Å²) in [6, 6.07) is 25.5. The molecule has 1 aliphatic heterocycles. The third kappa shape index (κ3) is 8.35. The fraction of sp³-hybridized carbons (Fsp3) is 0.325. The van der Waals surface area contributed by atoms with Crippen LogP contribution in [0.4, 0.5) is 13.2 Å². The van der Waals surface area contributed by atoms with Crippen molar-refractivity contribution in [1.29, 1.82) is 0 Å². The molecule has 2 N–H and O–H groups in total. The Morgan fingerprint density at radius 3 is 2.24 bits per heavy atom. The maximum Gasteiger partial charge on any atom is 0.416 e. The van der Waals surface area contributed by atoms with Gasteiger partial charge in [-0.15, -0.1) is 0 Å². The van der Waals surface area contributed by atoms with Gasteiger partial charge < -0.3 is 20.1 Å². The van der Waals surface area contributed by atoms with Gasteiger partial charge in [0.25, 0.3) is 0 Å². The first kappa shape index (κ1) is 34.7. The van der Waals surface area contributed by atoms with Gasteiger partial charge in [0, 0.05) is 31.4 Å². The van der Waals surface area contributed by atoms with E-state index < -0.39 is 35.7 Å². The van der Waals surface area contributed by atoms with E-state index in [-0.39, 0.29) is 43.4 Å². The highest BCUT2D eigenvalue weighted by Gasteiger charge is 2.38. The second-order valence-corrected chi connectivity index (χ2v) is 13.1. The molecule has 4 aromatic carbocycles. The SMILES string of the molecule is O=C(O)[C@H](Cc1ccc(-c2ccccc2)cc1)NC(=O)[C@@H]1Cc2ccc(OCc3ccccc3C(F)(F)F)cc2CN1C(=O)CC1CCCC1. The van der Waals surface area contributed by atoms with E-state index in [0.717, 1.165) is 59.6 Å². The highest BCUT2D eigenvalue weighted by molar-refractivity contribution is 5.91. The summed E-state index contributed by atoms with van der Waals surface area (Å²) in [5.41, 5.74) is 3.51. The third-order valence-corrected chi connectivity index (χ3v) is 9.70. The second-order valence-electron chi connectivity index (χ2n) is 13.1. The molecule has 0 aromatic heterocycles. The van der Waals surface area contributed by atoms with Gasteiger partial charge in [-0.2, -0.15) is 13.2 Å². The van der Waals surface area contributed by atoms with Crippen LogP contribution in [0, 0.1) is 5.92 Å². The molecule has 0 spiro atoms. The fourth-order valence-corrected chi connectivity index (χ4v) is 6.98. The third-order valence-electron chi connectivity index (χ3n) is 9.70. The summed E-state index contributed by atoms with van der Waals surface area (Å²) in [6.45, 7) is -0.205. The number of nitrogens with zero attached hydrogens (tertiary/aromatic N) is 1. The lowest BCUT2D eigenvalue weighted by atomic mass is 9.91. The van der Waals surface area contributed by atoms with E-state index >= 15 is 0 Å². The lowest BCUT2D eigenvalue weighted by Crippen LogP contribution is -2.56. The van der Waals surface area contributed by atoms with Crippen molar-refractivity contribution in [3.05, 3.63) is 125 Å². The largest absolute Gasteiger partial charge is 0.489 e. The van der Waals surface area contributed by atoms with Crippen molar-refractivity contribution in [3.63, 3.8) is 0 Å². The summed E-state index contributed by atoms with van der Waals surface area (Å²) in [4.78, 5) is 41.5. The normalized spacial score (nSPS) is 16.8. The van der Waals surface area contributed by atoms with Crippen LogP contribution in [-0.2, 0) is 46.6 Å². The Bertz CT molecular complexity index is 1820. The quantitative estimate of drug-likeness (QED) is 0.170. The number of rotatable bonds is 11. The number of aliphatic carboxylic acids is 1. The van der Waals surface area contributed by atoms with Crippen LogP contribution in [0.1, 0.15) is 59.9 Å². The van der Waals surface area contributed by atoms with Crippen LogP contribution in [0.2, 0.25) is 0 Å². The van der Waals surface area contributed by atoms with Gasteiger partial charge in [-0.05, 0) is 64.8 Å². The van der Waals surface area contributed by atoms with Gasteiger partial charge in [0.1, 0.15) is 24.4 Å². The van der Waals surface area contributed by atoms with E-state index in [2.05, 4.69) is 5.32 Å². The summed E-state index contributed by atoms with van der Waals surface area (Å²) < 4.78 is 46.3. The molecule has 1 aliphatic carbocycles. The Balaban J connectivity index is 1.18. The summed E-state index contributed by atoms with van der Waals surface area (Å²) in [6.07, 6.45) is -0.0214. The van der Waals surface area contributed by atoms with E-state index in [1.807, 2.05) is 54.6 Å². The zero-order valence-corrected chi connectivity index (χ0v) is 27.5. The first-order valence-electron chi connectivity index (χ1n) is 16.9. The predicted octanol–water partition coefficient (Wildman–Crippen LogP) is 7.60. The predicted molar refractivity (Wildman–Crippen MR) is 182 cm³/mol. The summed E-state index contributed by atoms with van der Waals surface area (Å²) >= 11 is 0. The molecule has 1 saturated carbocycles. The highest BCUT2D eigenvalue weighted by atomic mass is 19.4. The van der Waals surface area contributed by atoms with Crippen LogP contribution < -0.4 is 10.1 Å². The molecule has 6 rings (SSSR count). The molecule has 50 heavy (non-hydrogen) atoms. The molecule has 0 radical (unpaired) electrons. The lowest BCUT2D eigenvalue weighted by molar-refractivity contribution is -0.145. The monoisotopic (exact) mass is 684 g/mol. The number of fused-ring (bicyclic) bond motifs is 1. The van der Waals surface area contributed by atoms with Gasteiger partial charge in [-0.25, -0.2) is 4.79 Å². The molecule has 2 amide bonds. The molecular formula is C40H39F3N2O5. The zero-order valence-electron chi connectivity index (χ0n) is 27.5. The molecule has 1 fully saturated rings. The molecule has 0 saturated heterocycles. The number of benzene rings is 4.